The molecule has 1 aliphatic rings. The predicted molar refractivity (Wildman–Crippen MR) is 108 cm³/mol. The van der Waals surface area contributed by atoms with E-state index in [1.54, 1.807) is 31.2 Å². The standard InChI is InChI=1S/C19H20Cl2N2O4S/c1-12(27-18-9-4-14(20)10-17(18)21)19(24)22-11-13-2-7-16(8-3-13)28(25,26)23-15-5-6-15/h2-4,7-10,12,15,23H,5-6,11H2,1H3,(H,22,24). The number of halogens is 2. The van der Waals surface area contributed by atoms with Crippen molar-refractivity contribution in [3.63, 3.8) is 0 Å². The first-order chi connectivity index (χ1) is 13.2. The zero-order valence-corrected chi connectivity index (χ0v) is 17.4. The fraction of sp³-hybridized carbons (Fsp3) is 0.316. The lowest BCUT2D eigenvalue weighted by Gasteiger charge is -2.16. The Bertz CT molecular complexity index is 960. The average Bonchev–Trinajstić information content (AvgIpc) is 3.45. The van der Waals surface area contributed by atoms with Crippen LogP contribution in [0.3, 0.4) is 0 Å². The van der Waals surface area contributed by atoms with E-state index in [1.165, 1.54) is 18.2 Å². The van der Waals surface area contributed by atoms with Gasteiger partial charge in [-0.25, -0.2) is 13.1 Å². The smallest absolute Gasteiger partial charge is 0.261 e. The molecule has 0 aromatic heterocycles. The second kappa shape index (κ2) is 8.69. The van der Waals surface area contributed by atoms with Crippen molar-refractivity contribution in [3.8, 4) is 5.75 Å². The molecule has 0 spiro atoms. The molecule has 2 aromatic carbocycles. The van der Waals surface area contributed by atoms with Crippen LogP contribution in [0, 0.1) is 0 Å². The van der Waals surface area contributed by atoms with Crippen molar-refractivity contribution < 1.29 is 17.9 Å². The summed E-state index contributed by atoms with van der Waals surface area (Å²) in [4.78, 5) is 12.5. The van der Waals surface area contributed by atoms with Crippen LogP contribution >= 0.6 is 23.2 Å². The summed E-state index contributed by atoms with van der Waals surface area (Å²) in [6.45, 7) is 1.86. The summed E-state index contributed by atoms with van der Waals surface area (Å²) >= 11 is 11.9. The summed E-state index contributed by atoms with van der Waals surface area (Å²) in [7, 11) is -3.48. The van der Waals surface area contributed by atoms with Gasteiger partial charge in [-0.1, -0.05) is 35.3 Å². The lowest BCUT2D eigenvalue weighted by Crippen LogP contribution is -2.36. The summed E-state index contributed by atoms with van der Waals surface area (Å²) < 4.78 is 32.5. The summed E-state index contributed by atoms with van der Waals surface area (Å²) in [5, 5.41) is 3.55. The van der Waals surface area contributed by atoms with Crippen LogP contribution in [0.1, 0.15) is 25.3 Å². The molecular weight excluding hydrogens is 423 g/mol. The highest BCUT2D eigenvalue weighted by Crippen LogP contribution is 2.28. The number of hydrogen-bond donors (Lipinski definition) is 2. The van der Waals surface area contributed by atoms with Gasteiger partial charge in [0.05, 0.1) is 9.92 Å². The third kappa shape index (κ3) is 5.61. The molecule has 28 heavy (non-hydrogen) atoms. The quantitative estimate of drug-likeness (QED) is 0.654. The van der Waals surface area contributed by atoms with Gasteiger partial charge in [0, 0.05) is 17.6 Å². The highest BCUT2D eigenvalue weighted by Gasteiger charge is 2.27. The fourth-order valence-electron chi connectivity index (χ4n) is 2.42. The van der Waals surface area contributed by atoms with Gasteiger partial charge >= 0.3 is 0 Å². The number of hydrogen-bond acceptors (Lipinski definition) is 4. The zero-order chi connectivity index (χ0) is 20.3. The summed E-state index contributed by atoms with van der Waals surface area (Å²) in [5.74, 6) is 0.0459. The second-order valence-corrected chi connectivity index (χ2v) is 9.15. The van der Waals surface area contributed by atoms with Crippen LogP contribution in [-0.2, 0) is 21.4 Å². The van der Waals surface area contributed by atoms with Crippen molar-refractivity contribution in [2.24, 2.45) is 0 Å². The molecule has 2 N–H and O–H groups in total. The Morgan fingerprint density at radius 3 is 2.46 bits per heavy atom. The summed E-state index contributed by atoms with van der Waals surface area (Å²) in [6.07, 6.45) is 0.997. The lowest BCUT2D eigenvalue weighted by atomic mass is 10.2. The summed E-state index contributed by atoms with van der Waals surface area (Å²) in [5.41, 5.74) is 0.774. The van der Waals surface area contributed by atoms with Crippen LogP contribution in [0.25, 0.3) is 0 Å². The van der Waals surface area contributed by atoms with Crippen molar-refractivity contribution in [2.45, 2.75) is 43.4 Å². The van der Waals surface area contributed by atoms with Gasteiger partial charge in [0.1, 0.15) is 5.75 Å². The van der Waals surface area contributed by atoms with Crippen molar-refractivity contribution in [3.05, 3.63) is 58.1 Å². The number of ether oxygens (including phenoxy) is 1. The molecule has 6 nitrogen and oxygen atoms in total. The zero-order valence-electron chi connectivity index (χ0n) is 15.1. The molecule has 1 aliphatic carbocycles. The number of amides is 1. The molecule has 0 saturated heterocycles. The molecule has 9 heteroatoms. The third-order valence-corrected chi connectivity index (χ3v) is 6.23. The number of carbonyl (C=O) groups excluding carboxylic acids is 1. The Labute approximate surface area is 174 Å². The summed E-state index contributed by atoms with van der Waals surface area (Å²) in [6, 6.07) is 11.2. The van der Waals surface area contributed by atoms with E-state index in [0.29, 0.717) is 15.8 Å². The maximum absolute atomic E-state index is 12.2. The van der Waals surface area contributed by atoms with Crippen molar-refractivity contribution in [2.75, 3.05) is 0 Å². The molecule has 0 bridgehead atoms. The van der Waals surface area contributed by atoms with Gasteiger partial charge < -0.3 is 10.1 Å². The van der Waals surface area contributed by atoms with Gasteiger partial charge in [-0.3, -0.25) is 4.79 Å². The first-order valence-corrected chi connectivity index (χ1v) is 11.0. The minimum absolute atomic E-state index is 0.0552. The SMILES string of the molecule is CC(Oc1ccc(Cl)cc1Cl)C(=O)NCc1ccc(S(=O)(=O)NC2CC2)cc1. The molecule has 1 fully saturated rings. The molecular formula is C19H20Cl2N2O4S. The molecule has 150 valence electrons. The third-order valence-electron chi connectivity index (χ3n) is 4.17. The van der Waals surface area contributed by atoms with Crippen LogP contribution in [0.2, 0.25) is 10.0 Å². The van der Waals surface area contributed by atoms with Gasteiger partial charge in [-0.15, -0.1) is 0 Å². The molecule has 2 aromatic rings. The molecule has 0 radical (unpaired) electrons. The minimum Gasteiger partial charge on any atom is -0.479 e. The molecule has 0 aliphatic heterocycles. The van der Waals surface area contributed by atoms with E-state index in [0.717, 1.165) is 18.4 Å². The molecule has 1 unspecified atom stereocenters. The highest BCUT2D eigenvalue weighted by atomic mass is 35.5. The number of benzene rings is 2. The first-order valence-electron chi connectivity index (χ1n) is 8.75. The van der Waals surface area contributed by atoms with Crippen molar-refractivity contribution in [1.82, 2.24) is 10.0 Å². The van der Waals surface area contributed by atoms with Crippen LogP contribution < -0.4 is 14.8 Å². The topological polar surface area (TPSA) is 84.5 Å². The van der Waals surface area contributed by atoms with E-state index < -0.39 is 16.1 Å². The number of sulfonamides is 1. The molecule has 1 atom stereocenters. The van der Waals surface area contributed by atoms with E-state index in [9.17, 15) is 13.2 Å². The van der Waals surface area contributed by atoms with E-state index in [1.807, 2.05) is 0 Å². The Balaban J connectivity index is 1.53. The van der Waals surface area contributed by atoms with Crippen molar-refractivity contribution >= 4 is 39.1 Å². The van der Waals surface area contributed by atoms with E-state index in [2.05, 4.69) is 10.0 Å². The van der Waals surface area contributed by atoms with Crippen LogP contribution in [-0.4, -0.2) is 26.5 Å². The molecule has 0 heterocycles. The largest absolute Gasteiger partial charge is 0.479 e. The first kappa shape index (κ1) is 20.9. The van der Waals surface area contributed by atoms with Crippen LogP contribution in [0.4, 0.5) is 0 Å². The van der Waals surface area contributed by atoms with E-state index >= 15 is 0 Å². The Morgan fingerprint density at radius 2 is 1.86 bits per heavy atom. The minimum atomic E-state index is -3.48. The van der Waals surface area contributed by atoms with Gasteiger partial charge in [0.25, 0.3) is 5.91 Å². The molecule has 1 saturated carbocycles. The Morgan fingerprint density at radius 1 is 1.18 bits per heavy atom. The number of carbonyl (C=O) groups is 1. The maximum Gasteiger partial charge on any atom is 0.261 e. The predicted octanol–water partition coefficient (Wildman–Crippen LogP) is 3.52. The number of rotatable bonds is 8. The van der Waals surface area contributed by atoms with Gasteiger partial charge in [0.2, 0.25) is 10.0 Å². The Hall–Kier alpha value is -1.80. The van der Waals surface area contributed by atoms with E-state index in [-0.39, 0.29) is 23.4 Å². The van der Waals surface area contributed by atoms with Crippen molar-refractivity contribution in [1.29, 1.82) is 0 Å². The number of nitrogens with one attached hydrogen (secondary N) is 2. The van der Waals surface area contributed by atoms with Crippen LogP contribution in [0.15, 0.2) is 47.4 Å². The fourth-order valence-corrected chi connectivity index (χ4v) is 4.18. The van der Waals surface area contributed by atoms with Gasteiger partial charge in [0.15, 0.2) is 6.10 Å². The van der Waals surface area contributed by atoms with E-state index in [4.69, 9.17) is 27.9 Å². The van der Waals surface area contributed by atoms with Gasteiger partial charge in [-0.2, -0.15) is 0 Å². The normalized spacial score (nSPS) is 15.1. The van der Waals surface area contributed by atoms with Gasteiger partial charge in [-0.05, 0) is 55.7 Å². The maximum atomic E-state index is 12.2. The Kier molecular flexibility index (Phi) is 6.50. The lowest BCUT2D eigenvalue weighted by molar-refractivity contribution is -0.127. The molecule has 1 amide bonds. The molecule has 3 rings (SSSR count). The van der Waals surface area contributed by atoms with Crippen LogP contribution in [0.5, 0.6) is 5.75 Å². The monoisotopic (exact) mass is 442 g/mol. The highest BCUT2D eigenvalue weighted by molar-refractivity contribution is 7.89. The second-order valence-electron chi connectivity index (χ2n) is 6.59. The average molecular weight is 443 g/mol.